The normalized spacial score (nSPS) is 11.2. The molecule has 1 heterocycles. The summed E-state index contributed by atoms with van der Waals surface area (Å²) in [6.07, 6.45) is 3.22. The molecule has 0 aliphatic heterocycles. The zero-order chi connectivity index (χ0) is 13.5. The molecule has 1 aromatic heterocycles. The second kappa shape index (κ2) is 7.93. The largest absolute Gasteiger partial charge is 0.303 e. The van der Waals surface area contributed by atoms with Crippen molar-refractivity contribution in [1.29, 1.82) is 0 Å². The van der Waals surface area contributed by atoms with Gasteiger partial charge in [0.05, 0.1) is 0 Å². The molecule has 0 radical (unpaired) electrons. The highest BCUT2D eigenvalue weighted by Crippen LogP contribution is 2.19. The summed E-state index contributed by atoms with van der Waals surface area (Å²) in [4.78, 5) is 10.6. The highest BCUT2D eigenvalue weighted by molar-refractivity contribution is 6.32. The van der Waals surface area contributed by atoms with Crippen LogP contribution in [0.5, 0.6) is 0 Å². The molecule has 0 N–H and O–H groups in total. The molecule has 0 aromatic carbocycles. The fraction of sp³-hybridized carbons (Fsp3) is 0.692. The first-order valence-corrected chi connectivity index (χ1v) is 7.24. The molecule has 0 spiro atoms. The van der Waals surface area contributed by atoms with Gasteiger partial charge in [-0.15, -0.1) is 0 Å². The van der Waals surface area contributed by atoms with Crippen molar-refractivity contribution in [2.75, 3.05) is 19.6 Å². The Kier molecular flexibility index (Phi) is 6.90. The minimum atomic E-state index is 0.222. The van der Waals surface area contributed by atoms with Crippen LogP contribution in [0.2, 0.25) is 10.4 Å². The zero-order valence-electron chi connectivity index (χ0n) is 11.3. The Balaban J connectivity index is 2.66. The number of hydrogen-bond acceptors (Lipinski definition) is 3. The quantitative estimate of drug-likeness (QED) is 0.565. The molecule has 0 saturated carbocycles. The monoisotopic (exact) mass is 289 g/mol. The van der Waals surface area contributed by atoms with Gasteiger partial charge >= 0.3 is 0 Å². The van der Waals surface area contributed by atoms with Crippen LogP contribution in [0.15, 0.2) is 0 Å². The van der Waals surface area contributed by atoms with Gasteiger partial charge in [-0.2, -0.15) is 0 Å². The van der Waals surface area contributed by atoms with E-state index in [2.05, 4.69) is 28.7 Å². The fourth-order valence-corrected chi connectivity index (χ4v) is 2.62. The molecule has 0 amide bonds. The molecule has 18 heavy (non-hydrogen) atoms. The molecule has 102 valence electrons. The summed E-state index contributed by atoms with van der Waals surface area (Å²) in [5.41, 5.74) is 1.89. The number of hydrogen-bond donors (Lipinski definition) is 0. The predicted octanol–water partition coefficient (Wildman–Crippen LogP) is 3.76. The van der Waals surface area contributed by atoms with Crippen molar-refractivity contribution in [2.24, 2.45) is 0 Å². The Labute approximate surface area is 120 Å². The van der Waals surface area contributed by atoms with Crippen LogP contribution >= 0.6 is 23.2 Å². The Bertz CT molecular complexity index is 353. The minimum Gasteiger partial charge on any atom is -0.303 e. The van der Waals surface area contributed by atoms with Crippen molar-refractivity contribution >= 4 is 23.2 Å². The molecular weight excluding hydrogens is 269 g/mol. The van der Waals surface area contributed by atoms with E-state index >= 15 is 0 Å². The molecule has 0 fully saturated rings. The zero-order valence-corrected chi connectivity index (χ0v) is 12.9. The van der Waals surface area contributed by atoms with E-state index in [9.17, 15) is 0 Å². The summed E-state index contributed by atoms with van der Waals surface area (Å²) in [7, 11) is 0. The van der Waals surface area contributed by atoms with Gasteiger partial charge in [0.25, 0.3) is 0 Å². The summed E-state index contributed by atoms with van der Waals surface area (Å²) in [5.74, 6) is 0. The van der Waals surface area contributed by atoms with Crippen LogP contribution in [0.3, 0.4) is 0 Å². The maximum atomic E-state index is 6.12. The number of halogens is 2. The standard InChI is InChI=1S/C13H21Cl2N3/c1-4-7-18(8-5-2)9-6-11-10(3)16-13(15)17-12(11)14/h4-9H2,1-3H3. The van der Waals surface area contributed by atoms with Crippen LogP contribution in [-0.4, -0.2) is 34.5 Å². The number of aromatic nitrogens is 2. The summed E-state index contributed by atoms with van der Waals surface area (Å²) >= 11 is 11.9. The first-order valence-electron chi connectivity index (χ1n) is 6.49. The average molecular weight is 290 g/mol. The van der Waals surface area contributed by atoms with Crippen LogP contribution in [0.25, 0.3) is 0 Å². The minimum absolute atomic E-state index is 0.222. The van der Waals surface area contributed by atoms with E-state index in [-0.39, 0.29) is 5.28 Å². The van der Waals surface area contributed by atoms with Gasteiger partial charge in [-0.1, -0.05) is 25.4 Å². The number of nitrogens with zero attached hydrogens (tertiary/aromatic N) is 3. The van der Waals surface area contributed by atoms with E-state index in [1.54, 1.807) is 0 Å². The molecule has 0 bridgehead atoms. The van der Waals surface area contributed by atoms with Crippen LogP contribution in [-0.2, 0) is 6.42 Å². The second-order valence-electron chi connectivity index (χ2n) is 4.44. The maximum Gasteiger partial charge on any atom is 0.224 e. The van der Waals surface area contributed by atoms with E-state index in [0.717, 1.165) is 37.3 Å². The van der Waals surface area contributed by atoms with Crippen LogP contribution in [0.4, 0.5) is 0 Å². The number of aryl methyl sites for hydroxylation is 1. The molecule has 1 rings (SSSR count). The van der Waals surface area contributed by atoms with E-state index in [1.165, 1.54) is 12.8 Å². The van der Waals surface area contributed by atoms with E-state index in [1.807, 2.05) is 6.92 Å². The van der Waals surface area contributed by atoms with Gasteiger partial charge in [-0.05, 0) is 50.9 Å². The lowest BCUT2D eigenvalue weighted by atomic mass is 10.1. The molecule has 5 heteroatoms. The van der Waals surface area contributed by atoms with E-state index < -0.39 is 0 Å². The Hall–Kier alpha value is -0.380. The third-order valence-electron chi connectivity index (χ3n) is 2.89. The molecule has 0 saturated heterocycles. The second-order valence-corrected chi connectivity index (χ2v) is 5.14. The summed E-state index contributed by atoms with van der Waals surface area (Å²) in [6.45, 7) is 9.57. The van der Waals surface area contributed by atoms with Crippen LogP contribution in [0.1, 0.15) is 37.9 Å². The molecular formula is C13H21Cl2N3. The van der Waals surface area contributed by atoms with Crippen molar-refractivity contribution in [3.8, 4) is 0 Å². The summed E-state index contributed by atoms with van der Waals surface area (Å²) in [6, 6.07) is 0. The van der Waals surface area contributed by atoms with Crippen molar-refractivity contribution in [3.05, 3.63) is 21.7 Å². The highest BCUT2D eigenvalue weighted by atomic mass is 35.5. The van der Waals surface area contributed by atoms with Crippen LogP contribution < -0.4 is 0 Å². The molecule has 0 aliphatic carbocycles. The Morgan fingerprint density at radius 3 is 2.11 bits per heavy atom. The van der Waals surface area contributed by atoms with Crippen molar-refractivity contribution in [1.82, 2.24) is 14.9 Å². The first-order chi connectivity index (χ1) is 8.58. The lowest BCUT2D eigenvalue weighted by Gasteiger charge is -2.21. The molecule has 0 atom stereocenters. The van der Waals surface area contributed by atoms with Gasteiger partial charge in [0.1, 0.15) is 5.15 Å². The predicted molar refractivity (Wildman–Crippen MR) is 77.5 cm³/mol. The van der Waals surface area contributed by atoms with Crippen molar-refractivity contribution < 1.29 is 0 Å². The fourth-order valence-electron chi connectivity index (χ4n) is 2.05. The number of rotatable bonds is 7. The Morgan fingerprint density at radius 1 is 1.00 bits per heavy atom. The Morgan fingerprint density at radius 2 is 1.61 bits per heavy atom. The SMILES string of the molecule is CCCN(CCC)CCc1c(C)nc(Cl)nc1Cl. The van der Waals surface area contributed by atoms with E-state index in [0.29, 0.717) is 5.15 Å². The van der Waals surface area contributed by atoms with Gasteiger partial charge < -0.3 is 4.90 Å². The average Bonchev–Trinajstić information content (AvgIpc) is 2.28. The van der Waals surface area contributed by atoms with Crippen LogP contribution in [0, 0.1) is 6.92 Å². The highest BCUT2D eigenvalue weighted by Gasteiger charge is 2.11. The van der Waals surface area contributed by atoms with Crippen molar-refractivity contribution in [3.63, 3.8) is 0 Å². The van der Waals surface area contributed by atoms with E-state index in [4.69, 9.17) is 23.2 Å². The van der Waals surface area contributed by atoms with Gasteiger partial charge in [0.2, 0.25) is 5.28 Å². The van der Waals surface area contributed by atoms with Gasteiger partial charge in [-0.3, -0.25) is 0 Å². The van der Waals surface area contributed by atoms with Crippen molar-refractivity contribution in [2.45, 2.75) is 40.0 Å². The third-order valence-corrected chi connectivity index (χ3v) is 3.38. The smallest absolute Gasteiger partial charge is 0.224 e. The van der Waals surface area contributed by atoms with Gasteiger partial charge in [-0.25, -0.2) is 9.97 Å². The van der Waals surface area contributed by atoms with Gasteiger partial charge in [0, 0.05) is 17.8 Å². The molecule has 1 aromatic rings. The third kappa shape index (κ3) is 4.71. The molecule has 3 nitrogen and oxygen atoms in total. The van der Waals surface area contributed by atoms with Gasteiger partial charge in [0.15, 0.2) is 0 Å². The molecule has 0 unspecified atom stereocenters. The topological polar surface area (TPSA) is 29.0 Å². The summed E-state index contributed by atoms with van der Waals surface area (Å²) < 4.78 is 0. The maximum absolute atomic E-state index is 6.12. The lowest BCUT2D eigenvalue weighted by Crippen LogP contribution is -2.28. The summed E-state index contributed by atoms with van der Waals surface area (Å²) in [5, 5.41) is 0.709. The first kappa shape index (κ1) is 15.7. The lowest BCUT2D eigenvalue weighted by molar-refractivity contribution is 0.278. The molecule has 0 aliphatic rings.